The van der Waals surface area contributed by atoms with Crippen molar-refractivity contribution in [3.05, 3.63) is 60.0 Å². The number of nitrogens with zero attached hydrogens (tertiary/aromatic N) is 2. The highest BCUT2D eigenvalue weighted by molar-refractivity contribution is 7.80. The summed E-state index contributed by atoms with van der Waals surface area (Å²) in [6.07, 6.45) is 5.34. The zero-order chi connectivity index (χ0) is 14.8. The molecule has 21 heavy (non-hydrogen) atoms. The fraction of sp³-hybridized carbons (Fsp3) is 0.0625. The summed E-state index contributed by atoms with van der Waals surface area (Å²) >= 11 is 5.14. The number of fused-ring (bicyclic) bond motifs is 1. The van der Waals surface area contributed by atoms with Crippen LogP contribution in [0.1, 0.15) is 11.1 Å². The van der Waals surface area contributed by atoms with E-state index in [-0.39, 0.29) is 0 Å². The Balaban J connectivity index is 2.12. The number of aromatic nitrogens is 2. The molecule has 3 rings (SSSR count). The molecule has 1 aromatic carbocycles. The van der Waals surface area contributed by atoms with Crippen LogP contribution in [0, 0.1) is 6.92 Å². The minimum absolute atomic E-state index is 0.338. The number of hydrogen-bond donors (Lipinski definition) is 2. The molecule has 2 heterocycles. The summed E-state index contributed by atoms with van der Waals surface area (Å²) in [4.78, 5) is 8.84. The molecule has 0 atom stereocenters. The molecule has 4 nitrogen and oxygen atoms in total. The van der Waals surface area contributed by atoms with Gasteiger partial charge in [0.2, 0.25) is 0 Å². The van der Waals surface area contributed by atoms with Crippen molar-refractivity contribution in [1.82, 2.24) is 9.97 Å². The van der Waals surface area contributed by atoms with E-state index < -0.39 is 0 Å². The van der Waals surface area contributed by atoms with Gasteiger partial charge < -0.3 is 11.1 Å². The minimum atomic E-state index is 0.338. The van der Waals surface area contributed by atoms with Crippen molar-refractivity contribution in [2.75, 3.05) is 5.32 Å². The van der Waals surface area contributed by atoms with Gasteiger partial charge >= 0.3 is 0 Å². The molecule has 3 aromatic rings. The van der Waals surface area contributed by atoms with Crippen LogP contribution in [-0.4, -0.2) is 15.0 Å². The quantitative estimate of drug-likeness (QED) is 0.726. The normalized spacial score (nSPS) is 10.5. The van der Waals surface area contributed by atoms with Crippen LogP contribution in [-0.2, 0) is 0 Å². The lowest BCUT2D eigenvalue weighted by Gasteiger charge is -2.13. The van der Waals surface area contributed by atoms with Gasteiger partial charge in [0, 0.05) is 35.1 Å². The molecule has 0 unspecified atom stereocenters. The molecule has 0 radical (unpaired) electrons. The Morgan fingerprint density at radius 2 is 2.05 bits per heavy atom. The van der Waals surface area contributed by atoms with Crippen molar-refractivity contribution >= 4 is 39.5 Å². The number of anilines is 2. The van der Waals surface area contributed by atoms with E-state index in [1.165, 1.54) is 0 Å². The van der Waals surface area contributed by atoms with Crippen molar-refractivity contribution in [3.8, 4) is 0 Å². The second kappa shape index (κ2) is 5.46. The van der Waals surface area contributed by atoms with Crippen LogP contribution in [0.5, 0.6) is 0 Å². The van der Waals surface area contributed by atoms with Gasteiger partial charge in [-0.2, -0.15) is 0 Å². The summed E-state index contributed by atoms with van der Waals surface area (Å²) in [6.45, 7) is 1.97. The lowest BCUT2D eigenvalue weighted by atomic mass is 10.1. The first kappa shape index (κ1) is 13.5. The molecule has 0 amide bonds. The summed E-state index contributed by atoms with van der Waals surface area (Å²) in [6, 6.07) is 9.85. The van der Waals surface area contributed by atoms with Crippen LogP contribution in [0.25, 0.3) is 10.8 Å². The highest BCUT2D eigenvalue weighted by Crippen LogP contribution is 2.27. The van der Waals surface area contributed by atoms with E-state index >= 15 is 0 Å². The van der Waals surface area contributed by atoms with E-state index in [1.807, 2.05) is 43.5 Å². The molecule has 0 fully saturated rings. The van der Waals surface area contributed by atoms with Gasteiger partial charge in [0.15, 0.2) is 0 Å². The van der Waals surface area contributed by atoms with Crippen molar-refractivity contribution in [1.29, 1.82) is 0 Å². The number of nitrogens with one attached hydrogen (secondary N) is 1. The van der Waals surface area contributed by atoms with Gasteiger partial charge in [-0.05, 0) is 30.7 Å². The van der Waals surface area contributed by atoms with Crippen LogP contribution in [0.15, 0.2) is 48.9 Å². The van der Waals surface area contributed by atoms with E-state index in [2.05, 4.69) is 15.3 Å². The van der Waals surface area contributed by atoms with Crippen LogP contribution in [0.2, 0.25) is 0 Å². The van der Waals surface area contributed by atoms with E-state index in [9.17, 15) is 0 Å². The topological polar surface area (TPSA) is 63.8 Å². The number of hydrogen-bond acceptors (Lipinski definition) is 4. The molecular formula is C16H14N4S. The fourth-order valence-electron chi connectivity index (χ4n) is 2.32. The maximum Gasteiger partial charge on any atom is 0.140 e. The molecule has 0 saturated heterocycles. The van der Waals surface area contributed by atoms with E-state index in [4.69, 9.17) is 18.0 Å². The summed E-state index contributed by atoms with van der Waals surface area (Å²) in [5.41, 5.74) is 8.55. The summed E-state index contributed by atoms with van der Waals surface area (Å²) in [5, 5.41) is 5.47. The van der Waals surface area contributed by atoms with E-state index in [1.54, 1.807) is 12.4 Å². The molecule has 0 bridgehead atoms. The standard InChI is InChI=1S/C16H14N4S/c1-10-5-8-19-16(14(10)15(17)21)20-13-4-2-3-11-9-18-7-6-12(11)13/h2-9H,1H3,(H2,17,21)(H,19,20). The van der Waals surface area contributed by atoms with Crippen molar-refractivity contribution in [2.45, 2.75) is 6.92 Å². The average molecular weight is 294 g/mol. The summed E-state index contributed by atoms with van der Waals surface area (Å²) < 4.78 is 0. The molecule has 0 aliphatic carbocycles. The Morgan fingerprint density at radius 1 is 1.19 bits per heavy atom. The van der Waals surface area contributed by atoms with Gasteiger partial charge in [-0.3, -0.25) is 4.98 Å². The molecule has 5 heteroatoms. The predicted molar refractivity (Wildman–Crippen MR) is 89.9 cm³/mol. The smallest absolute Gasteiger partial charge is 0.140 e. The van der Waals surface area contributed by atoms with Crippen LogP contribution < -0.4 is 11.1 Å². The second-order valence-electron chi connectivity index (χ2n) is 4.74. The van der Waals surface area contributed by atoms with Crippen molar-refractivity contribution < 1.29 is 0 Å². The van der Waals surface area contributed by atoms with Crippen LogP contribution in [0.3, 0.4) is 0 Å². The van der Waals surface area contributed by atoms with Gasteiger partial charge in [-0.15, -0.1) is 0 Å². The van der Waals surface area contributed by atoms with Gasteiger partial charge in [0.1, 0.15) is 10.8 Å². The third kappa shape index (κ3) is 2.55. The number of rotatable bonds is 3. The number of nitrogens with two attached hydrogens (primary N) is 1. The Bertz CT molecular complexity index is 824. The SMILES string of the molecule is Cc1ccnc(Nc2cccc3cnccc23)c1C(N)=S. The maximum atomic E-state index is 5.82. The van der Waals surface area contributed by atoms with Crippen molar-refractivity contribution in [2.24, 2.45) is 5.73 Å². The lowest BCUT2D eigenvalue weighted by Crippen LogP contribution is -2.14. The Labute approximate surface area is 128 Å². The first-order chi connectivity index (χ1) is 10.2. The molecule has 0 aliphatic heterocycles. The monoisotopic (exact) mass is 294 g/mol. The Morgan fingerprint density at radius 3 is 2.86 bits per heavy atom. The minimum Gasteiger partial charge on any atom is -0.389 e. The molecule has 0 saturated carbocycles. The third-order valence-electron chi connectivity index (χ3n) is 3.34. The number of aryl methyl sites for hydroxylation is 1. The average Bonchev–Trinajstić information content (AvgIpc) is 2.47. The predicted octanol–water partition coefficient (Wildman–Crippen LogP) is 3.32. The van der Waals surface area contributed by atoms with E-state index in [0.29, 0.717) is 10.8 Å². The highest BCUT2D eigenvalue weighted by Gasteiger charge is 2.11. The molecule has 2 aromatic heterocycles. The zero-order valence-electron chi connectivity index (χ0n) is 11.5. The fourth-order valence-corrected chi connectivity index (χ4v) is 2.58. The van der Waals surface area contributed by atoms with E-state index in [0.717, 1.165) is 27.6 Å². The first-order valence-corrected chi connectivity index (χ1v) is 6.93. The Hall–Kier alpha value is -2.53. The van der Waals surface area contributed by atoms with Gasteiger partial charge in [0.05, 0.1) is 5.56 Å². The summed E-state index contributed by atoms with van der Waals surface area (Å²) in [5.74, 6) is 0.673. The molecular weight excluding hydrogens is 280 g/mol. The van der Waals surface area contributed by atoms with Crippen LogP contribution in [0.4, 0.5) is 11.5 Å². The van der Waals surface area contributed by atoms with Gasteiger partial charge in [-0.25, -0.2) is 4.98 Å². The van der Waals surface area contributed by atoms with Crippen LogP contribution >= 0.6 is 12.2 Å². The number of benzene rings is 1. The van der Waals surface area contributed by atoms with Crippen molar-refractivity contribution in [3.63, 3.8) is 0 Å². The van der Waals surface area contributed by atoms with Gasteiger partial charge in [0.25, 0.3) is 0 Å². The molecule has 0 spiro atoms. The Kier molecular flexibility index (Phi) is 3.50. The maximum absolute atomic E-state index is 5.82. The molecule has 104 valence electrons. The molecule has 0 aliphatic rings. The molecule has 3 N–H and O–H groups in total. The number of thiocarbonyl (C=S) groups is 1. The van der Waals surface area contributed by atoms with Gasteiger partial charge in [-0.1, -0.05) is 24.4 Å². The largest absolute Gasteiger partial charge is 0.389 e. The highest BCUT2D eigenvalue weighted by atomic mass is 32.1. The number of pyridine rings is 2. The lowest BCUT2D eigenvalue weighted by molar-refractivity contribution is 1.26. The first-order valence-electron chi connectivity index (χ1n) is 6.52. The second-order valence-corrected chi connectivity index (χ2v) is 5.18. The third-order valence-corrected chi connectivity index (χ3v) is 3.54. The summed E-state index contributed by atoms with van der Waals surface area (Å²) in [7, 11) is 0. The zero-order valence-corrected chi connectivity index (χ0v) is 12.3.